The molecule has 0 bridgehead atoms. The zero-order chi connectivity index (χ0) is 3.41. The molecule has 0 amide bonds. The van der Waals surface area contributed by atoms with Gasteiger partial charge in [-0.1, -0.05) is 0 Å². The quantitative estimate of drug-likeness (QED) is 0.609. The van der Waals surface area contributed by atoms with Crippen molar-refractivity contribution in [2.45, 2.75) is 17.3 Å². The first kappa shape index (κ1) is 4.92. The second-order valence-electron chi connectivity index (χ2n) is 0.750. The van der Waals surface area contributed by atoms with E-state index in [0.29, 0.717) is 0 Å². The molecule has 0 saturated heterocycles. The summed E-state index contributed by atoms with van der Waals surface area (Å²) in [6.07, 6.45) is 1.38. The van der Waals surface area contributed by atoms with Crippen LogP contribution in [-0.2, 0) is 0 Å². The third-order valence-electron chi connectivity index (χ3n) is 0.250. The van der Waals surface area contributed by atoms with Crippen molar-refractivity contribution >= 4 is 25.8 Å². The van der Waals surface area contributed by atoms with Crippen LogP contribution in [0.3, 0.4) is 0 Å². The number of hydrogen-bond acceptors (Lipinski definition) is 0. The molecule has 0 fully saturated rings. The average molecular weight is 250 g/mol. The van der Waals surface area contributed by atoms with Gasteiger partial charge in [0.05, 0.1) is 0 Å². The summed E-state index contributed by atoms with van der Waals surface area (Å²) in [6, 6.07) is 0. The van der Waals surface area contributed by atoms with Crippen LogP contribution in [0.25, 0.3) is 0 Å². The molecule has 0 nitrogen and oxygen atoms in total. The van der Waals surface area contributed by atoms with Crippen LogP contribution >= 0.6 is 0 Å². The van der Waals surface area contributed by atoms with Crippen LogP contribution in [0.4, 0.5) is 0 Å². The van der Waals surface area contributed by atoms with Crippen molar-refractivity contribution < 1.29 is 0 Å². The van der Waals surface area contributed by atoms with Crippen LogP contribution in [0, 0.1) is 0 Å². The molecule has 0 aliphatic carbocycles. The first-order valence-electron chi connectivity index (χ1n) is 1.56. The third-order valence-corrected chi connectivity index (χ3v) is 2.19. The Morgan fingerprint density at radius 2 is 2.00 bits per heavy atom. The van der Waals surface area contributed by atoms with E-state index in [1.165, 1.54) is 36.2 Å². The van der Waals surface area contributed by atoms with Crippen molar-refractivity contribution in [2.24, 2.45) is 0 Å². The fourth-order valence-electron chi connectivity index (χ4n) is 0. The van der Waals surface area contributed by atoms with Gasteiger partial charge in [-0.2, -0.15) is 0 Å². The molecule has 0 aliphatic heterocycles. The molecule has 0 unspecified atom stereocenters. The second kappa shape index (κ2) is 3.92. The zero-order valence-electron chi connectivity index (χ0n) is 2.91. The normalized spacial score (nSPS) is 7.50. The molecule has 0 aromatic rings. The molecule has 4 heavy (non-hydrogen) atoms. The molecule has 0 spiro atoms. The van der Waals surface area contributed by atoms with Gasteiger partial charge in [-0.3, -0.25) is 0 Å². The minimum atomic E-state index is 1.38. The molecular weight excluding hydrogens is 243 g/mol. The molecule has 0 aromatic heterocycles. The Hall–Kier alpha value is 0.922. The summed E-state index contributed by atoms with van der Waals surface area (Å²) in [7, 11) is 0. The topological polar surface area (TPSA) is 0 Å². The maximum absolute atomic E-state index is 2.22. The monoisotopic (exact) mass is 251 g/mol. The van der Waals surface area contributed by atoms with E-state index in [0.717, 1.165) is 0 Å². The summed E-state index contributed by atoms with van der Waals surface area (Å²) >= 11 is 1.39. The molecule has 1 heteroatoms. The second-order valence-corrected chi connectivity index (χ2v) is 2.69. The summed E-state index contributed by atoms with van der Waals surface area (Å²) in [6.45, 7) is 2.22. The van der Waals surface area contributed by atoms with Crippen LogP contribution in [0.15, 0.2) is 0 Å². The predicted molar refractivity (Wildman–Crippen MR) is 20.9 cm³/mol. The number of hydrogen-bond donors (Lipinski definition) is 0. The Labute approximate surface area is 43.3 Å². The average Bonchev–Trinajstić information content (AvgIpc) is 1.37. The van der Waals surface area contributed by atoms with Crippen LogP contribution in [0.2, 0.25) is 3.98 Å². The Kier molecular flexibility index (Phi) is 4.83. The fraction of sp³-hybridized carbons (Fsp3) is 1.00. The van der Waals surface area contributed by atoms with Gasteiger partial charge in [0, 0.05) is 0 Å². The molecule has 0 rings (SSSR count). The molecule has 0 N–H and O–H groups in total. The Morgan fingerprint density at radius 3 is 2.00 bits per heavy atom. The van der Waals surface area contributed by atoms with Crippen molar-refractivity contribution in [3.63, 3.8) is 0 Å². The van der Waals surface area contributed by atoms with Gasteiger partial charge in [0.2, 0.25) is 0 Å². The van der Waals surface area contributed by atoms with Crippen molar-refractivity contribution in [1.29, 1.82) is 0 Å². The molecule has 3 radical (unpaired) electrons. The van der Waals surface area contributed by atoms with Crippen molar-refractivity contribution in [3.8, 4) is 0 Å². The van der Waals surface area contributed by atoms with E-state index >= 15 is 0 Å². The van der Waals surface area contributed by atoms with Crippen LogP contribution < -0.4 is 0 Å². The van der Waals surface area contributed by atoms with Gasteiger partial charge in [0.15, 0.2) is 0 Å². The summed E-state index contributed by atoms with van der Waals surface area (Å²) < 4.78 is 1.46. The van der Waals surface area contributed by atoms with Crippen LogP contribution in [0.1, 0.15) is 13.3 Å². The van der Waals surface area contributed by atoms with Crippen molar-refractivity contribution in [3.05, 3.63) is 0 Å². The predicted octanol–water partition coefficient (Wildman–Crippen LogP) is 0.983. The fourth-order valence-corrected chi connectivity index (χ4v) is 0. The van der Waals surface area contributed by atoms with E-state index in [1.807, 2.05) is 0 Å². The van der Waals surface area contributed by atoms with Gasteiger partial charge >= 0.3 is 43.1 Å². The van der Waals surface area contributed by atoms with Gasteiger partial charge in [-0.05, 0) is 0 Å². The van der Waals surface area contributed by atoms with E-state index in [-0.39, 0.29) is 0 Å². The molecule has 0 aromatic carbocycles. The maximum atomic E-state index is 2.22. The first-order valence-corrected chi connectivity index (χ1v) is 4.31. The van der Waals surface area contributed by atoms with Crippen LogP contribution in [0.5, 0.6) is 0 Å². The third kappa shape index (κ3) is 2.92. The van der Waals surface area contributed by atoms with Crippen LogP contribution in [-0.4, -0.2) is 25.8 Å². The number of rotatable bonds is 1. The molecule has 23 valence electrons. The standard InChI is InChI=1S/C3H7.Pb/c1-3-2;/h1,3H2,2H3;. The van der Waals surface area contributed by atoms with Crippen molar-refractivity contribution in [2.75, 3.05) is 0 Å². The molecule has 0 heterocycles. The summed E-state index contributed by atoms with van der Waals surface area (Å²) in [5.41, 5.74) is 0. The molecule has 0 saturated carbocycles. The Balaban J connectivity index is 1.97. The van der Waals surface area contributed by atoms with Gasteiger partial charge in [-0.25, -0.2) is 0 Å². The van der Waals surface area contributed by atoms with Gasteiger partial charge in [0.25, 0.3) is 0 Å². The van der Waals surface area contributed by atoms with Gasteiger partial charge < -0.3 is 0 Å². The summed E-state index contributed by atoms with van der Waals surface area (Å²) in [5, 5.41) is 0. The molecular formula is C3H7Pb. The SMILES string of the molecule is CC[CH2][Pb]. The summed E-state index contributed by atoms with van der Waals surface area (Å²) in [5.74, 6) is 0. The Morgan fingerprint density at radius 1 is 1.75 bits per heavy atom. The van der Waals surface area contributed by atoms with Crippen molar-refractivity contribution in [1.82, 2.24) is 0 Å². The summed E-state index contributed by atoms with van der Waals surface area (Å²) in [4.78, 5) is 0. The zero-order valence-corrected chi connectivity index (χ0v) is 6.80. The Bertz CT molecular complexity index is 5.25. The van der Waals surface area contributed by atoms with E-state index in [1.54, 1.807) is 0 Å². The molecule has 0 aliphatic rings. The van der Waals surface area contributed by atoms with E-state index in [4.69, 9.17) is 0 Å². The minimum absolute atomic E-state index is 1.38. The van der Waals surface area contributed by atoms with E-state index < -0.39 is 0 Å². The first-order chi connectivity index (χ1) is 1.91. The van der Waals surface area contributed by atoms with E-state index in [9.17, 15) is 0 Å². The van der Waals surface area contributed by atoms with E-state index in [2.05, 4.69) is 6.92 Å². The van der Waals surface area contributed by atoms with Gasteiger partial charge in [0.1, 0.15) is 0 Å². The molecule has 0 atom stereocenters. The van der Waals surface area contributed by atoms with Gasteiger partial charge in [-0.15, -0.1) is 0 Å².